The highest BCUT2D eigenvalue weighted by atomic mass is 35.5. The minimum absolute atomic E-state index is 0.0338. The molecule has 1 unspecified atom stereocenters. The predicted molar refractivity (Wildman–Crippen MR) is 96.3 cm³/mol. The Kier molecular flexibility index (Phi) is 6.66. The molecule has 1 atom stereocenters. The number of halogens is 1. The van der Waals surface area contributed by atoms with Gasteiger partial charge in [-0.3, -0.25) is 4.79 Å². The highest BCUT2D eigenvalue weighted by Crippen LogP contribution is 2.22. The zero-order valence-corrected chi connectivity index (χ0v) is 15.7. The second-order valence-electron chi connectivity index (χ2n) is 6.37. The lowest BCUT2D eigenvalue weighted by atomic mass is 9.97. The van der Waals surface area contributed by atoms with Crippen molar-refractivity contribution in [1.82, 2.24) is 9.62 Å². The molecule has 1 saturated heterocycles. The molecular formula is C17H25ClN2O3S. The summed E-state index contributed by atoms with van der Waals surface area (Å²) in [7, 11) is -3.37. The monoisotopic (exact) mass is 372 g/mol. The van der Waals surface area contributed by atoms with Crippen LogP contribution in [0.4, 0.5) is 0 Å². The SMILES string of the molecule is CCC(C)NC(=O)C1CCN(S(=O)(=O)Cc2ccc(Cl)cc2)CC1. The van der Waals surface area contributed by atoms with Gasteiger partial charge in [0.25, 0.3) is 0 Å². The molecule has 0 spiro atoms. The second kappa shape index (κ2) is 8.32. The van der Waals surface area contributed by atoms with Gasteiger partial charge in [0, 0.05) is 30.1 Å². The average molecular weight is 373 g/mol. The van der Waals surface area contributed by atoms with Gasteiger partial charge in [-0.1, -0.05) is 30.7 Å². The lowest BCUT2D eigenvalue weighted by molar-refractivity contribution is -0.126. The van der Waals surface area contributed by atoms with Crippen LogP contribution in [0.2, 0.25) is 5.02 Å². The molecule has 1 heterocycles. The van der Waals surface area contributed by atoms with E-state index in [1.54, 1.807) is 24.3 Å². The number of nitrogens with one attached hydrogen (secondary N) is 1. The lowest BCUT2D eigenvalue weighted by Gasteiger charge is -2.31. The largest absolute Gasteiger partial charge is 0.353 e. The zero-order valence-electron chi connectivity index (χ0n) is 14.2. The molecule has 1 aromatic carbocycles. The summed E-state index contributed by atoms with van der Waals surface area (Å²) in [6.45, 7) is 4.80. The maximum atomic E-state index is 12.5. The number of carbonyl (C=O) groups excluding carboxylic acids is 1. The Bertz CT molecular complexity index is 653. The van der Waals surface area contributed by atoms with Crippen LogP contribution in [0.5, 0.6) is 0 Å². The van der Waals surface area contributed by atoms with Gasteiger partial charge >= 0.3 is 0 Å². The molecule has 0 radical (unpaired) electrons. The van der Waals surface area contributed by atoms with Crippen molar-refractivity contribution in [2.45, 2.75) is 44.9 Å². The first-order valence-corrected chi connectivity index (χ1v) is 10.3. The summed E-state index contributed by atoms with van der Waals surface area (Å²) in [5.74, 6) is -0.0893. The number of rotatable bonds is 6. The molecule has 24 heavy (non-hydrogen) atoms. The van der Waals surface area contributed by atoms with E-state index >= 15 is 0 Å². The van der Waals surface area contributed by atoms with E-state index in [0.29, 0.717) is 31.0 Å². The van der Waals surface area contributed by atoms with Crippen LogP contribution in [0.25, 0.3) is 0 Å². The molecule has 1 N–H and O–H groups in total. The Hall–Kier alpha value is -1.11. The van der Waals surface area contributed by atoms with Gasteiger partial charge in [0.15, 0.2) is 0 Å². The highest BCUT2D eigenvalue weighted by molar-refractivity contribution is 7.88. The Morgan fingerprint density at radius 2 is 1.88 bits per heavy atom. The Balaban J connectivity index is 1.90. The third-order valence-corrected chi connectivity index (χ3v) is 6.58. The summed E-state index contributed by atoms with van der Waals surface area (Å²) in [4.78, 5) is 12.2. The lowest BCUT2D eigenvalue weighted by Crippen LogP contribution is -2.44. The van der Waals surface area contributed by atoms with Gasteiger partial charge in [-0.15, -0.1) is 0 Å². The summed E-state index contributed by atoms with van der Waals surface area (Å²) < 4.78 is 26.6. The first-order chi connectivity index (χ1) is 11.3. The Morgan fingerprint density at radius 3 is 2.42 bits per heavy atom. The first kappa shape index (κ1) is 19.2. The van der Waals surface area contributed by atoms with Gasteiger partial charge in [-0.05, 0) is 43.9 Å². The number of nitrogens with zero attached hydrogens (tertiary/aromatic N) is 1. The molecular weight excluding hydrogens is 348 g/mol. The van der Waals surface area contributed by atoms with Crippen molar-refractivity contribution in [3.8, 4) is 0 Å². The van der Waals surface area contributed by atoms with Crippen molar-refractivity contribution >= 4 is 27.5 Å². The summed E-state index contributed by atoms with van der Waals surface area (Å²) in [5, 5.41) is 3.57. The fourth-order valence-corrected chi connectivity index (χ4v) is 4.43. The van der Waals surface area contributed by atoms with Gasteiger partial charge in [0.05, 0.1) is 5.75 Å². The molecule has 7 heteroatoms. The zero-order chi connectivity index (χ0) is 17.7. The topological polar surface area (TPSA) is 66.5 Å². The summed E-state index contributed by atoms with van der Waals surface area (Å²) in [5.41, 5.74) is 0.719. The molecule has 0 aromatic heterocycles. The standard InChI is InChI=1S/C17H25ClN2O3S/c1-3-13(2)19-17(21)15-8-10-20(11-9-15)24(22,23)12-14-4-6-16(18)7-5-14/h4-7,13,15H,3,8-12H2,1-2H3,(H,19,21). The molecule has 1 aliphatic rings. The van der Waals surface area contributed by atoms with Crippen LogP contribution in [0, 0.1) is 5.92 Å². The van der Waals surface area contributed by atoms with E-state index in [2.05, 4.69) is 5.32 Å². The van der Waals surface area contributed by atoms with Crippen LogP contribution in [0.3, 0.4) is 0 Å². The number of hydrogen-bond donors (Lipinski definition) is 1. The first-order valence-electron chi connectivity index (χ1n) is 8.34. The molecule has 1 fully saturated rings. The van der Waals surface area contributed by atoms with Crippen molar-refractivity contribution in [2.75, 3.05) is 13.1 Å². The number of benzene rings is 1. The van der Waals surface area contributed by atoms with Crippen molar-refractivity contribution in [3.05, 3.63) is 34.9 Å². The Morgan fingerprint density at radius 1 is 1.29 bits per heavy atom. The van der Waals surface area contributed by atoms with E-state index in [-0.39, 0.29) is 23.6 Å². The fourth-order valence-electron chi connectivity index (χ4n) is 2.74. The van der Waals surface area contributed by atoms with E-state index in [0.717, 1.165) is 12.0 Å². The molecule has 1 aliphatic heterocycles. The number of sulfonamides is 1. The van der Waals surface area contributed by atoms with Gasteiger partial charge < -0.3 is 5.32 Å². The number of carbonyl (C=O) groups is 1. The minimum atomic E-state index is -3.37. The molecule has 5 nitrogen and oxygen atoms in total. The Labute approximate surface area is 149 Å². The molecule has 1 aromatic rings. The van der Waals surface area contributed by atoms with E-state index in [1.807, 2.05) is 13.8 Å². The van der Waals surface area contributed by atoms with Gasteiger partial charge in [0.2, 0.25) is 15.9 Å². The van der Waals surface area contributed by atoms with Crippen LogP contribution in [0.15, 0.2) is 24.3 Å². The van der Waals surface area contributed by atoms with Gasteiger partial charge in [0.1, 0.15) is 0 Å². The number of hydrogen-bond acceptors (Lipinski definition) is 3. The highest BCUT2D eigenvalue weighted by Gasteiger charge is 2.31. The molecule has 134 valence electrons. The van der Waals surface area contributed by atoms with Crippen molar-refractivity contribution in [2.24, 2.45) is 5.92 Å². The van der Waals surface area contributed by atoms with Crippen molar-refractivity contribution in [3.63, 3.8) is 0 Å². The maximum absolute atomic E-state index is 12.5. The molecule has 2 rings (SSSR count). The molecule has 0 bridgehead atoms. The van der Waals surface area contributed by atoms with Crippen LogP contribution in [0.1, 0.15) is 38.7 Å². The van der Waals surface area contributed by atoms with Crippen molar-refractivity contribution < 1.29 is 13.2 Å². The minimum Gasteiger partial charge on any atom is -0.353 e. The molecule has 0 saturated carbocycles. The van der Waals surface area contributed by atoms with E-state index in [4.69, 9.17) is 11.6 Å². The van der Waals surface area contributed by atoms with Crippen LogP contribution in [-0.4, -0.2) is 37.8 Å². The van der Waals surface area contributed by atoms with E-state index in [1.165, 1.54) is 4.31 Å². The quantitative estimate of drug-likeness (QED) is 0.834. The molecule has 0 aliphatic carbocycles. The predicted octanol–water partition coefficient (Wildman–Crippen LogP) is 2.80. The maximum Gasteiger partial charge on any atom is 0.223 e. The van der Waals surface area contributed by atoms with E-state index in [9.17, 15) is 13.2 Å². The third kappa shape index (κ3) is 5.19. The van der Waals surface area contributed by atoms with Crippen LogP contribution < -0.4 is 5.32 Å². The number of amides is 1. The average Bonchev–Trinajstić information content (AvgIpc) is 2.56. The summed E-state index contributed by atoms with van der Waals surface area (Å²) >= 11 is 5.83. The van der Waals surface area contributed by atoms with Gasteiger partial charge in [-0.25, -0.2) is 12.7 Å². The fraction of sp³-hybridized carbons (Fsp3) is 0.588. The van der Waals surface area contributed by atoms with E-state index < -0.39 is 10.0 Å². The number of piperidine rings is 1. The normalized spacial score (nSPS) is 18.3. The second-order valence-corrected chi connectivity index (χ2v) is 8.78. The van der Waals surface area contributed by atoms with Crippen molar-refractivity contribution in [1.29, 1.82) is 0 Å². The summed E-state index contributed by atoms with van der Waals surface area (Å²) in [6.07, 6.45) is 2.03. The van der Waals surface area contributed by atoms with Crippen LogP contribution in [-0.2, 0) is 20.6 Å². The summed E-state index contributed by atoms with van der Waals surface area (Å²) in [6, 6.07) is 7.00. The van der Waals surface area contributed by atoms with Gasteiger partial charge in [-0.2, -0.15) is 0 Å². The molecule has 1 amide bonds. The van der Waals surface area contributed by atoms with Crippen LogP contribution >= 0.6 is 11.6 Å². The smallest absolute Gasteiger partial charge is 0.223 e. The third-order valence-electron chi connectivity index (χ3n) is 4.48.